The summed E-state index contributed by atoms with van der Waals surface area (Å²) in [6.45, 7) is 5.05. The molecule has 1 heterocycles. The first-order chi connectivity index (χ1) is 11.0. The van der Waals surface area contributed by atoms with Crippen LogP contribution in [0.4, 0.5) is 4.79 Å². The van der Waals surface area contributed by atoms with E-state index in [0.717, 1.165) is 25.7 Å². The SMILES string of the molecule is CC(C)c1noc(CCNC(=O)N(C)C[C@H]2CCCC[C@H]2O)n1. The van der Waals surface area contributed by atoms with Crippen LogP contribution < -0.4 is 5.32 Å². The molecule has 1 aliphatic rings. The third-order valence-electron chi connectivity index (χ3n) is 4.34. The van der Waals surface area contributed by atoms with Crippen molar-refractivity contribution >= 4 is 6.03 Å². The van der Waals surface area contributed by atoms with E-state index in [2.05, 4.69) is 15.5 Å². The zero-order valence-electron chi connectivity index (χ0n) is 14.3. The summed E-state index contributed by atoms with van der Waals surface area (Å²) in [7, 11) is 1.76. The van der Waals surface area contributed by atoms with E-state index in [1.165, 1.54) is 0 Å². The third kappa shape index (κ3) is 5.20. The van der Waals surface area contributed by atoms with Crippen LogP contribution in [0, 0.1) is 5.92 Å². The van der Waals surface area contributed by atoms with Gasteiger partial charge in [0, 0.05) is 38.4 Å². The maximum Gasteiger partial charge on any atom is 0.317 e. The minimum absolute atomic E-state index is 0.133. The van der Waals surface area contributed by atoms with Gasteiger partial charge in [-0.05, 0) is 12.8 Å². The molecule has 1 aromatic rings. The van der Waals surface area contributed by atoms with Crippen molar-refractivity contribution in [3.8, 4) is 0 Å². The fourth-order valence-electron chi connectivity index (χ4n) is 2.85. The Morgan fingerprint density at radius 2 is 2.17 bits per heavy atom. The molecular weight excluding hydrogens is 296 g/mol. The molecule has 0 aromatic carbocycles. The Morgan fingerprint density at radius 3 is 2.83 bits per heavy atom. The number of carbonyl (C=O) groups is 1. The Balaban J connectivity index is 1.70. The van der Waals surface area contributed by atoms with Crippen molar-refractivity contribution in [1.29, 1.82) is 0 Å². The Morgan fingerprint density at radius 1 is 1.43 bits per heavy atom. The van der Waals surface area contributed by atoms with Gasteiger partial charge in [-0.15, -0.1) is 0 Å². The van der Waals surface area contributed by atoms with Crippen LogP contribution in [0.1, 0.15) is 57.2 Å². The molecular formula is C16H28N4O3. The number of rotatable bonds is 6. The van der Waals surface area contributed by atoms with Crippen molar-refractivity contribution in [3.05, 3.63) is 11.7 Å². The molecule has 130 valence electrons. The molecule has 0 radical (unpaired) electrons. The molecule has 2 amide bonds. The largest absolute Gasteiger partial charge is 0.393 e. The molecule has 7 nitrogen and oxygen atoms in total. The summed E-state index contributed by atoms with van der Waals surface area (Å²) >= 11 is 0. The lowest BCUT2D eigenvalue weighted by molar-refractivity contribution is 0.0565. The van der Waals surface area contributed by atoms with Crippen LogP contribution >= 0.6 is 0 Å². The summed E-state index contributed by atoms with van der Waals surface area (Å²) in [6.07, 6.45) is 4.27. The number of nitrogens with one attached hydrogen (secondary N) is 1. The molecule has 2 atom stereocenters. The molecule has 0 bridgehead atoms. The van der Waals surface area contributed by atoms with Gasteiger partial charge in [-0.1, -0.05) is 31.8 Å². The molecule has 2 N–H and O–H groups in total. The summed E-state index contributed by atoms with van der Waals surface area (Å²) in [5.74, 6) is 1.65. The first kappa shape index (κ1) is 17.7. The molecule has 1 fully saturated rings. The normalized spacial score (nSPS) is 21.4. The standard InChI is InChI=1S/C16H28N4O3/c1-11(2)15-18-14(23-19-15)8-9-17-16(22)20(3)10-12-6-4-5-7-13(12)21/h11-13,21H,4-10H2,1-3H3,(H,17,22)/t12-,13-/m1/s1. The molecule has 0 unspecified atom stereocenters. The molecule has 1 aliphatic carbocycles. The lowest BCUT2D eigenvalue weighted by Gasteiger charge is -2.31. The quantitative estimate of drug-likeness (QED) is 0.834. The first-order valence-electron chi connectivity index (χ1n) is 8.47. The number of amides is 2. The first-order valence-corrected chi connectivity index (χ1v) is 8.47. The van der Waals surface area contributed by atoms with Crippen molar-refractivity contribution < 1.29 is 14.4 Å². The van der Waals surface area contributed by atoms with E-state index < -0.39 is 0 Å². The zero-order chi connectivity index (χ0) is 16.8. The zero-order valence-corrected chi connectivity index (χ0v) is 14.3. The number of aliphatic hydroxyl groups is 1. The number of aliphatic hydroxyl groups excluding tert-OH is 1. The van der Waals surface area contributed by atoms with Gasteiger partial charge in [0.1, 0.15) is 0 Å². The van der Waals surface area contributed by atoms with E-state index in [9.17, 15) is 9.90 Å². The lowest BCUT2D eigenvalue weighted by atomic mass is 9.86. The topological polar surface area (TPSA) is 91.5 Å². The summed E-state index contributed by atoms with van der Waals surface area (Å²) in [4.78, 5) is 18.0. The molecule has 1 aromatic heterocycles. The second kappa shape index (κ2) is 8.29. The summed E-state index contributed by atoms with van der Waals surface area (Å²) in [5.41, 5.74) is 0. The molecule has 2 rings (SSSR count). The van der Waals surface area contributed by atoms with E-state index in [1.807, 2.05) is 13.8 Å². The molecule has 0 aliphatic heterocycles. The summed E-state index contributed by atoms with van der Waals surface area (Å²) < 4.78 is 5.14. The number of urea groups is 1. The van der Waals surface area contributed by atoms with Crippen LogP contribution in [-0.2, 0) is 6.42 Å². The highest BCUT2D eigenvalue weighted by Crippen LogP contribution is 2.24. The van der Waals surface area contributed by atoms with Crippen molar-refractivity contribution in [2.24, 2.45) is 5.92 Å². The van der Waals surface area contributed by atoms with Crippen LogP contribution in [0.15, 0.2) is 4.52 Å². The van der Waals surface area contributed by atoms with E-state index in [-0.39, 0.29) is 24.0 Å². The van der Waals surface area contributed by atoms with Gasteiger partial charge < -0.3 is 19.8 Å². The minimum atomic E-state index is -0.285. The number of hydrogen-bond acceptors (Lipinski definition) is 5. The highest BCUT2D eigenvalue weighted by atomic mass is 16.5. The van der Waals surface area contributed by atoms with Crippen molar-refractivity contribution in [2.45, 2.75) is 58.0 Å². The van der Waals surface area contributed by atoms with Gasteiger partial charge in [0.15, 0.2) is 5.82 Å². The van der Waals surface area contributed by atoms with Crippen LogP contribution in [0.3, 0.4) is 0 Å². The van der Waals surface area contributed by atoms with Crippen molar-refractivity contribution in [1.82, 2.24) is 20.4 Å². The average molecular weight is 324 g/mol. The van der Waals surface area contributed by atoms with Gasteiger partial charge in [0.2, 0.25) is 5.89 Å². The van der Waals surface area contributed by atoms with E-state index >= 15 is 0 Å². The average Bonchev–Trinajstić information content (AvgIpc) is 2.98. The summed E-state index contributed by atoms with van der Waals surface area (Å²) in [5, 5.41) is 16.7. The Labute approximate surface area is 137 Å². The van der Waals surface area contributed by atoms with Crippen molar-refractivity contribution in [2.75, 3.05) is 20.1 Å². The minimum Gasteiger partial charge on any atom is -0.393 e. The predicted molar refractivity (Wildman–Crippen MR) is 86.1 cm³/mol. The van der Waals surface area contributed by atoms with Gasteiger partial charge in [-0.3, -0.25) is 0 Å². The predicted octanol–water partition coefficient (Wildman–Crippen LogP) is 1.93. The number of aromatic nitrogens is 2. The van der Waals surface area contributed by atoms with E-state index in [1.54, 1.807) is 11.9 Å². The number of nitrogens with zero attached hydrogens (tertiary/aromatic N) is 3. The third-order valence-corrected chi connectivity index (χ3v) is 4.34. The van der Waals surface area contributed by atoms with Crippen LogP contribution in [0.25, 0.3) is 0 Å². The van der Waals surface area contributed by atoms with E-state index in [0.29, 0.717) is 31.2 Å². The van der Waals surface area contributed by atoms with E-state index in [4.69, 9.17) is 4.52 Å². The maximum absolute atomic E-state index is 12.1. The van der Waals surface area contributed by atoms with Crippen LogP contribution in [0.2, 0.25) is 0 Å². The molecule has 0 spiro atoms. The highest BCUT2D eigenvalue weighted by Gasteiger charge is 2.25. The fourth-order valence-corrected chi connectivity index (χ4v) is 2.85. The Bertz CT molecular complexity index is 503. The van der Waals surface area contributed by atoms with Gasteiger partial charge in [0.05, 0.1) is 6.10 Å². The summed E-state index contributed by atoms with van der Waals surface area (Å²) in [6, 6.07) is -0.133. The second-order valence-electron chi connectivity index (χ2n) is 6.68. The van der Waals surface area contributed by atoms with Crippen LogP contribution in [0.5, 0.6) is 0 Å². The number of hydrogen-bond donors (Lipinski definition) is 2. The lowest BCUT2D eigenvalue weighted by Crippen LogP contribution is -2.43. The maximum atomic E-state index is 12.1. The van der Waals surface area contributed by atoms with Gasteiger partial charge in [0.25, 0.3) is 0 Å². The smallest absolute Gasteiger partial charge is 0.317 e. The second-order valence-corrected chi connectivity index (χ2v) is 6.68. The van der Waals surface area contributed by atoms with Gasteiger partial charge in [-0.2, -0.15) is 4.98 Å². The van der Waals surface area contributed by atoms with Crippen LogP contribution in [-0.4, -0.2) is 52.4 Å². The fraction of sp³-hybridized carbons (Fsp3) is 0.812. The Kier molecular flexibility index (Phi) is 6.38. The van der Waals surface area contributed by atoms with Gasteiger partial charge >= 0.3 is 6.03 Å². The molecule has 1 saturated carbocycles. The Hall–Kier alpha value is -1.63. The number of carbonyl (C=O) groups excluding carboxylic acids is 1. The monoisotopic (exact) mass is 324 g/mol. The van der Waals surface area contributed by atoms with Crippen molar-refractivity contribution in [3.63, 3.8) is 0 Å². The molecule has 0 saturated heterocycles. The van der Waals surface area contributed by atoms with Gasteiger partial charge in [-0.25, -0.2) is 4.79 Å². The highest BCUT2D eigenvalue weighted by molar-refractivity contribution is 5.73. The molecule has 23 heavy (non-hydrogen) atoms. The molecule has 7 heteroatoms.